The summed E-state index contributed by atoms with van der Waals surface area (Å²) in [4.78, 5) is 16.5. The van der Waals surface area contributed by atoms with Crippen LogP contribution in [0.2, 0.25) is 0 Å². The van der Waals surface area contributed by atoms with Crippen molar-refractivity contribution >= 4 is 40.7 Å². The molecule has 7 heteroatoms. The Hall–Kier alpha value is -1.82. The fourth-order valence-electron chi connectivity index (χ4n) is 2.48. The van der Waals surface area contributed by atoms with E-state index in [4.69, 9.17) is 0 Å². The second kappa shape index (κ2) is 10.1. The van der Waals surface area contributed by atoms with Crippen LogP contribution in [0.3, 0.4) is 0 Å². The molecule has 0 saturated heterocycles. The van der Waals surface area contributed by atoms with Gasteiger partial charge in [-0.25, -0.2) is 9.67 Å². The minimum absolute atomic E-state index is 0. The molecule has 0 bridgehead atoms. The molecule has 0 aliphatic heterocycles. The van der Waals surface area contributed by atoms with Crippen molar-refractivity contribution in [3.05, 3.63) is 12.4 Å². The number of aromatic nitrogens is 3. The zero-order valence-electron chi connectivity index (χ0n) is 14.8. The molecule has 0 fully saturated rings. The number of fused-ring (bicyclic) bond motifs is 1. The number of nitrogens with zero attached hydrogens (tertiary/aromatic N) is 3. The number of nitrogens with one attached hydrogen (secondary N) is 2. The van der Waals surface area contributed by atoms with Crippen molar-refractivity contribution in [2.45, 2.75) is 59.4 Å². The fourth-order valence-corrected chi connectivity index (χ4v) is 2.48. The molecule has 2 heterocycles. The van der Waals surface area contributed by atoms with Gasteiger partial charge in [-0.3, -0.25) is 4.79 Å². The third-order valence-corrected chi connectivity index (χ3v) is 3.83. The van der Waals surface area contributed by atoms with Crippen LogP contribution in [0.1, 0.15) is 52.9 Å². The van der Waals surface area contributed by atoms with Crippen molar-refractivity contribution in [2.24, 2.45) is 0 Å². The molecule has 2 rings (SSSR count). The van der Waals surface area contributed by atoms with Gasteiger partial charge in [0.1, 0.15) is 0 Å². The molecule has 0 aromatic carbocycles. The summed E-state index contributed by atoms with van der Waals surface area (Å²) in [6, 6.07) is 0. The van der Waals surface area contributed by atoms with Gasteiger partial charge in [-0.15, -0.1) is 12.4 Å². The van der Waals surface area contributed by atoms with Crippen LogP contribution in [0.4, 0.5) is 11.4 Å². The minimum atomic E-state index is 0. The molecular formula is C17H28ClN5O. The van der Waals surface area contributed by atoms with Crippen molar-refractivity contribution in [1.29, 1.82) is 0 Å². The van der Waals surface area contributed by atoms with E-state index in [-0.39, 0.29) is 18.3 Å². The molecule has 134 valence electrons. The number of amides is 1. The average molecular weight is 354 g/mol. The molecule has 1 amide bonds. The van der Waals surface area contributed by atoms with E-state index >= 15 is 0 Å². The lowest BCUT2D eigenvalue weighted by atomic mass is 10.2. The first-order valence-electron chi connectivity index (χ1n) is 8.59. The molecule has 0 saturated carbocycles. The number of hydrogen-bond donors (Lipinski definition) is 2. The predicted octanol–water partition coefficient (Wildman–Crippen LogP) is 4.21. The van der Waals surface area contributed by atoms with Crippen LogP contribution < -0.4 is 10.6 Å². The SMILES string of the molecule is CCCCNc1c(NC(=O)CCCC)cnc2c1cnn2CC.Cl. The Kier molecular flexibility index (Phi) is 8.54. The lowest BCUT2D eigenvalue weighted by Crippen LogP contribution is -2.14. The molecule has 2 N–H and O–H groups in total. The number of anilines is 2. The summed E-state index contributed by atoms with van der Waals surface area (Å²) >= 11 is 0. The largest absolute Gasteiger partial charge is 0.383 e. The van der Waals surface area contributed by atoms with Gasteiger partial charge < -0.3 is 10.6 Å². The van der Waals surface area contributed by atoms with Crippen molar-refractivity contribution in [2.75, 3.05) is 17.2 Å². The molecule has 2 aromatic rings. The van der Waals surface area contributed by atoms with Gasteiger partial charge in [0.2, 0.25) is 5.91 Å². The van der Waals surface area contributed by atoms with E-state index in [1.165, 1.54) is 0 Å². The maximum atomic E-state index is 12.1. The smallest absolute Gasteiger partial charge is 0.224 e. The number of pyridine rings is 1. The molecule has 0 radical (unpaired) electrons. The van der Waals surface area contributed by atoms with Crippen LogP contribution in [0.5, 0.6) is 0 Å². The average Bonchev–Trinajstić information content (AvgIpc) is 2.98. The summed E-state index contributed by atoms with van der Waals surface area (Å²) in [5.41, 5.74) is 2.51. The van der Waals surface area contributed by atoms with E-state index in [9.17, 15) is 4.79 Å². The van der Waals surface area contributed by atoms with Gasteiger partial charge in [-0.05, 0) is 19.8 Å². The summed E-state index contributed by atoms with van der Waals surface area (Å²) in [5.74, 6) is 0.0365. The Bertz CT molecular complexity index is 656. The standard InChI is InChI=1S/C17H27N5O.ClH/c1-4-7-9-15(23)21-14-12-19-17-13(11-20-22(17)6-3)16(14)18-10-8-5-2;/h11-12H,4-10H2,1-3H3,(H,18,19)(H,21,23);1H. The third kappa shape index (κ3) is 4.84. The lowest BCUT2D eigenvalue weighted by molar-refractivity contribution is -0.116. The summed E-state index contributed by atoms with van der Waals surface area (Å²) in [5, 5.41) is 11.8. The summed E-state index contributed by atoms with van der Waals surface area (Å²) < 4.78 is 1.86. The Balaban J connectivity index is 0.00000288. The van der Waals surface area contributed by atoms with Crippen LogP contribution in [0.15, 0.2) is 12.4 Å². The van der Waals surface area contributed by atoms with Gasteiger partial charge in [0.05, 0.1) is 29.2 Å². The number of aryl methyl sites for hydroxylation is 1. The maximum absolute atomic E-state index is 12.1. The van der Waals surface area contributed by atoms with Crippen LogP contribution in [-0.2, 0) is 11.3 Å². The number of carbonyl (C=O) groups is 1. The number of halogens is 1. The highest BCUT2D eigenvalue weighted by atomic mass is 35.5. The van der Waals surface area contributed by atoms with Crippen LogP contribution >= 0.6 is 12.4 Å². The van der Waals surface area contributed by atoms with Crippen LogP contribution in [-0.4, -0.2) is 27.2 Å². The van der Waals surface area contributed by atoms with Crippen LogP contribution in [0.25, 0.3) is 11.0 Å². The number of carbonyl (C=O) groups excluding carboxylic acids is 1. The topological polar surface area (TPSA) is 71.8 Å². The van der Waals surface area contributed by atoms with Gasteiger partial charge >= 0.3 is 0 Å². The predicted molar refractivity (Wildman–Crippen MR) is 102 cm³/mol. The molecule has 0 atom stereocenters. The van der Waals surface area contributed by atoms with E-state index in [0.717, 1.165) is 61.2 Å². The van der Waals surface area contributed by atoms with Crippen molar-refractivity contribution < 1.29 is 4.79 Å². The Morgan fingerprint density at radius 3 is 2.58 bits per heavy atom. The van der Waals surface area contributed by atoms with E-state index in [2.05, 4.69) is 34.6 Å². The van der Waals surface area contributed by atoms with E-state index in [1.807, 2.05) is 17.8 Å². The third-order valence-electron chi connectivity index (χ3n) is 3.83. The Labute approximate surface area is 149 Å². The van der Waals surface area contributed by atoms with E-state index in [1.54, 1.807) is 6.20 Å². The van der Waals surface area contributed by atoms with Gasteiger partial charge in [0.25, 0.3) is 0 Å². The fraction of sp³-hybridized carbons (Fsp3) is 0.588. The van der Waals surface area contributed by atoms with Gasteiger partial charge in [-0.2, -0.15) is 5.10 Å². The first-order valence-corrected chi connectivity index (χ1v) is 8.59. The van der Waals surface area contributed by atoms with Gasteiger partial charge in [0, 0.05) is 19.5 Å². The highest BCUT2D eigenvalue weighted by Crippen LogP contribution is 2.30. The van der Waals surface area contributed by atoms with Gasteiger partial charge in [0.15, 0.2) is 5.65 Å². The summed E-state index contributed by atoms with van der Waals surface area (Å²) in [7, 11) is 0. The second-order valence-corrected chi connectivity index (χ2v) is 5.68. The molecule has 6 nitrogen and oxygen atoms in total. The minimum Gasteiger partial charge on any atom is -0.383 e. The molecule has 0 aliphatic rings. The molecule has 2 aromatic heterocycles. The Morgan fingerprint density at radius 2 is 1.92 bits per heavy atom. The van der Waals surface area contributed by atoms with E-state index < -0.39 is 0 Å². The number of hydrogen-bond acceptors (Lipinski definition) is 4. The highest BCUT2D eigenvalue weighted by Gasteiger charge is 2.14. The van der Waals surface area contributed by atoms with Crippen molar-refractivity contribution in [1.82, 2.24) is 14.8 Å². The summed E-state index contributed by atoms with van der Waals surface area (Å²) in [6.45, 7) is 7.92. The monoisotopic (exact) mass is 353 g/mol. The van der Waals surface area contributed by atoms with E-state index in [0.29, 0.717) is 6.42 Å². The van der Waals surface area contributed by atoms with Crippen LogP contribution in [0, 0.1) is 0 Å². The van der Waals surface area contributed by atoms with Crippen molar-refractivity contribution in [3.63, 3.8) is 0 Å². The quantitative estimate of drug-likeness (QED) is 0.662. The first-order chi connectivity index (χ1) is 11.2. The lowest BCUT2D eigenvalue weighted by Gasteiger charge is -2.14. The highest BCUT2D eigenvalue weighted by molar-refractivity contribution is 6.02. The zero-order chi connectivity index (χ0) is 16.7. The molecule has 0 aliphatic carbocycles. The van der Waals surface area contributed by atoms with Gasteiger partial charge in [-0.1, -0.05) is 26.7 Å². The number of unbranched alkanes of at least 4 members (excludes halogenated alkanes) is 2. The molecule has 0 spiro atoms. The normalized spacial score (nSPS) is 10.5. The zero-order valence-corrected chi connectivity index (χ0v) is 15.6. The molecule has 24 heavy (non-hydrogen) atoms. The van der Waals surface area contributed by atoms with Crippen molar-refractivity contribution in [3.8, 4) is 0 Å². The maximum Gasteiger partial charge on any atom is 0.224 e. The number of rotatable bonds is 9. The molecule has 0 unspecified atom stereocenters. The molecular weight excluding hydrogens is 326 g/mol. The Morgan fingerprint density at radius 1 is 1.17 bits per heavy atom. The second-order valence-electron chi connectivity index (χ2n) is 5.68. The first kappa shape index (κ1) is 20.2. The summed E-state index contributed by atoms with van der Waals surface area (Å²) in [6.07, 6.45) is 8.19.